The van der Waals surface area contributed by atoms with Crippen LogP contribution in [0.1, 0.15) is 17.2 Å². The van der Waals surface area contributed by atoms with Gasteiger partial charge in [-0.25, -0.2) is 0 Å². The smallest absolute Gasteiger partial charge is 0.191 e. The molecule has 24 heavy (non-hydrogen) atoms. The molecule has 0 spiro atoms. The van der Waals surface area contributed by atoms with E-state index in [-0.39, 0.29) is 6.04 Å². The van der Waals surface area contributed by atoms with Crippen molar-refractivity contribution in [1.82, 2.24) is 15.5 Å². The Balaban J connectivity index is 1.91. The molecule has 0 aliphatic carbocycles. The topological polar surface area (TPSA) is 39.7 Å². The molecule has 0 saturated heterocycles. The number of aliphatic imine (C=N–C) groups is 1. The minimum absolute atomic E-state index is 0.278. The lowest BCUT2D eigenvalue weighted by Crippen LogP contribution is -2.41. The molecule has 0 aliphatic rings. The van der Waals surface area contributed by atoms with Gasteiger partial charge in [-0.2, -0.15) is 0 Å². The monoisotopic (exact) mass is 344 g/mol. The van der Waals surface area contributed by atoms with E-state index < -0.39 is 0 Å². The number of guanidine groups is 1. The summed E-state index contributed by atoms with van der Waals surface area (Å²) in [5.74, 6) is 0.785. The molecule has 0 radical (unpaired) electrons. The highest BCUT2D eigenvalue weighted by Gasteiger charge is 2.14. The first-order valence-corrected chi connectivity index (χ1v) is 8.38. The van der Waals surface area contributed by atoms with Crippen LogP contribution in [0.15, 0.2) is 59.6 Å². The number of hydrogen-bond acceptors (Lipinski definition) is 2. The average Bonchev–Trinajstić information content (AvgIpc) is 2.60. The SMILES string of the molecule is CN=C(NCc1ccc(Cl)cc1)NCC(c1ccccc1)N(C)C. The van der Waals surface area contributed by atoms with Gasteiger partial charge in [0, 0.05) is 25.2 Å². The van der Waals surface area contributed by atoms with E-state index >= 15 is 0 Å². The van der Waals surface area contributed by atoms with Crippen LogP contribution >= 0.6 is 11.6 Å². The summed E-state index contributed by atoms with van der Waals surface area (Å²) in [5, 5.41) is 7.48. The summed E-state index contributed by atoms with van der Waals surface area (Å²) in [7, 11) is 5.96. The molecular weight excluding hydrogens is 320 g/mol. The third kappa shape index (κ3) is 5.55. The molecular formula is C19H25ClN4. The molecule has 0 heterocycles. The van der Waals surface area contributed by atoms with Crippen molar-refractivity contribution >= 4 is 17.6 Å². The molecule has 1 atom stereocenters. The summed E-state index contributed by atoms with van der Waals surface area (Å²) < 4.78 is 0. The Labute approximate surface area is 149 Å². The highest BCUT2D eigenvalue weighted by molar-refractivity contribution is 6.30. The van der Waals surface area contributed by atoms with E-state index in [2.05, 4.69) is 58.9 Å². The van der Waals surface area contributed by atoms with Crippen molar-refractivity contribution in [3.63, 3.8) is 0 Å². The van der Waals surface area contributed by atoms with Gasteiger partial charge in [0.15, 0.2) is 5.96 Å². The van der Waals surface area contributed by atoms with E-state index in [1.54, 1.807) is 7.05 Å². The van der Waals surface area contributed by atoms with Crippen LogP contribution in [0.25, 0.3) is 0 Å². The number of benzene rings is 2. The van der Waals surface area contributed by atoms with Gasteiger partial charge >= 0.3 is 0 Å². The number of likely N-dealkylation sites (N-methyl/N-ethyl adjacent to an activating group) is 1. The van der Waals surface area contributed by atoms with Gasteiger partial charge in [-0.05, 0) is 37.4 Å². The zero-order chi connectivity index (χ0) is 17.4. The van der Waals surface area contributed by atoms with Crippen LogP contribution < -0.4 is 10.6 Å². The van der Waals surface area contributed by atoms with Gasteiger partial charge in [-0.1, -0.05) is 54.1 Å². The van der Waals surface area contributed by atoms with Crippen LogP contribution in [0.2, 0.25) is 5.02 Å². The van der Waals surface area contributed by atoms with Crippen molar-refractivity contribution in [1.29, 1.82) is 0 Å². The Morgan fingerprint density at radius 3 is 2.29 bits per heavy atom. The number of rotatable bonds is 6. The molecule has 0 aliphatic heterocycles. The molecule has 0 bridgehead atoms. The first-order chi connectivity index (χ1) is 11.6. The maximum Gasteiger partial charge on any atom is 0.191 e. The van der Waals surface area contributed by atoms with Crippen LogP contribution in [-0.4, -0.2) is 38.5 Å². The summed E-state index contributed by atoms with van der Waals surface area (Å²) >= 11 is 5.91. The molecule has 2 aromatic rings. The minimum Gasteiger partial charge on any atom is -0.354 e. The summed E-state index contributed by atoms with van der Waals surface area (Å²) in [5.41, 5.74) is 2.44. The normalized spacial score (nSPS) is 13.0. The van der Waals surface area contributed by atoms with Gasteiger partial charge in [-0.15, -0.1) is 0 Å². The Morgan fingerprint density at radius 2 is 1.71 bits per heavy atom. The van der Waals surface area contributed by atoms with E-state index in [0.29, 0.717) is 6.54 Å². The maximum atomic E-state index is 5.91. The van der Waals surface area contributed by atoms with Gasteiger partial charge in [0.1, 0.15) is 0 Å². The molecule has 0 saturated carbocycles. The van der Waals surface area contributed by atoms with Crippen molar-refractivity contribution < 1.29 is 0 Å². The predicted molar refractivity (Wildman–Crippen MR) is 103 cm³/mol. The molecule has 1 unspecified atom stereocenters. The molecule has 2 aromatic carbocycles. The maximum absolute atomic E-state index is 5.91. The summed E-state index contributed by atoms with van der Waals surface area (Å²) in [6, 6.07) is 18.6. The van der Waals surface area contributed by atoms with Crippen molar-refractivity contribution in [2.24, 2.45) is 4.99 Å². The second-order valence-electron chi connectivity index (χ2n) is 5.82. The second kappa shape index (κ2) is 9.30. The summed E-state index contributed by atoms with van der Waals surface area (Å²) in [6.07, 6.45) is 0. The van der Waals surface area contributed by atoms with E-state index in [1.165, 1.54) is 5.56 Å². The van der Waals surface area contributed by atoms with Gasteiger partial charge in [-0.3, -0.25) is 4.99 Å². The zero-order valence-corrected chi connectivity index (χ0v) is 15.2. The average molecular weight is 345 g/mol. The van der Waals surface area contributed by atoms with E-state index in [0.717, 1.165) is 23.1 Å². The van der Waals surface area contributed by atoms with Crippen molar-refractivity contribution in [3.05, 3.63) is 70.7 Å². The second-order valence-corrected chi connectivity index (χ2v) is 6.26. The van der Waals surface area contributed by atoms with Crippen molar-refractivity contribution in [2.45, 2.75) is 12.6 Å². The van der Waals surface area contributed by atoms with Gasteiger partial charge < -0.3 is 15.5 Å². The van der Waals surface area contributed by atoms with Crippen LogP contribution in [0.4, 0.5) is 0 Å². The van der Waals surface area contributed by atoms with Crippen LogP contribution in [0.3, 0.4) is 0 Å². The summed E-state index contributed by atoms with van der Waals surface area (Å²) in [6.45, 7) is 1.48. The first kappa shape index (κ1) is 18.3. The van der Waals surface area contributed by atoms with Crippen LogP contribution in [-0.2, 0) is 6.54 Å². The quantitative estimate of drug-likeness (QED) is 0.624. The van der Waals surface area contributed by atoms with Gasteiger partial charge in [0.25, 0.3) is 0 Å². The highest BCUT2D eigenvalue weighted by Crippen LogP contribution is 2.16. The Kier molecular flexibility index (Phi) is 7.09. The Hall–Kier alpha value is -2.04. The largest absolute Gasteiger partial charge is 0.354 e. The predicted octanol–water partition coefficient (Wildman–Crippen LogP) is 3.31. The molecule has 2 N–H and O–H groups in total. The fourth-order valence-corrected chi connectivity index (χ4v) is 2.60. The fourth-order valence-electron chi connectivity index (χ4n) is 2.48. The Morgan fingerprint density at radius 1 is 1.04 bits per heavy atom. The standard InChI is InChI=1S/C19H25ClN4/c1-21-19(22-13-15-9-11-17(20)12-10-15)23-14-18(24(2)3)16-7-5-4-6-8-16/h4-12,18H,13-14H2,1-3H3,(H2,21,22,23). The highest BCUT2D eigenvalue weighted by atomic mass is 35.5. The van der Waals surface area contributed by atoms with Crippen molar-refractivity contribution in [3.8, 4) is 0 Å². The van der Waals surface area contributed by atoms with Crippen LogP contribution in [0.5, 0.6) is 0 Å². The molecule has 0 aromatic heterocycles. The molecule has 5 heteroatoms. The third-order valence-corrected chi connectivity index (χ3v) is 4.12. The van der Waals surface area contributed by atoms with Gasteiger partial charge in [0.05, 0.1) is 6.04 Å². The van der Waals surface area contributed by atoms with Crippen LogP contribution in [0, 0.1) is 0 Å². The van der Waals surface area contributed by atoms with Crippen molar-refractivity contribution in [2.75, 3.05) is 27.7 Å². The lowest BCUT2D eigenvalue weighted by molar-refractivity contribution is 0.298. The lowest BCUT2D eigenvalue weighted by atomic mass is 10.1. The number of nitrogens with one attached hydrogen (secondary N) is 2. The van der Waals surface area contributed by atoms with E-state index in [1.807, 2.05) is 30.3 Å². The summed E-state index contributed by atoms with van der Waals surface area (Å²) in [4.78, 5) is 6.50. The zero-order valence-electron chi connectivity index (χ0n) is 14.5. The minimum atomic E-state index is 0.278. The van der Waals surface area contributed by atoms with E-state index in [4.69, 9.17) is 11.6 Å². The molecule has 0 fully saturated rings. The lowest BCUT2D eigenvalue weighted by Gasteiger charge is -2.26. The number of nitrogens with zero attached hydrogens (tertiary/aromatic N) is 2. The molecule has 128 valence electrons. The number of halogens is 1. The fraction of sp³-hybridized carbons (Fsp3) is 0.316. The number of hydrogen-bond donors (Lipinski definition) is 2. The van der Waals surface area contributed by atoms with E-state index in [9.17, 15) is 0 Å². The molecule has 4 nitrogen and oxygen atoms in total. The molecule has 2 rings (SSSR count). The van der Waals surface area contributed by atoms with Gasteiger partial charge in [0.2, 0.25) is 0 Å². The third-order valence-electron chi connectivity index (χ3n) is 3.87. The molecule has 0 amide bonds. The first-order valence-electron chi connectivity index (χ1n) is 8.00. The Bertz CT molecular complexity index is 638.